The topological polar surface area (TPSA) is 47.9 Å². The highest BCUT2D eigenvalue weighted by Crippen LogP contribution is 2.29. The molecule has 1 heterocycles. The van der Waals surface area contributed by atoms with Gasteiger partial charge in [0.1, 0.15) is 11.4 Å². The molecule has 0 saturated carbocycles. The Balaban J connectivity index is 2.20. The predicted octanol–water partition coefficient (Wildman–Crippen LogP) is 3.43. The minimum atomic E-state index is 0.131. The smallest absolute Gasteiger partial charge is 0.348 e. The Bertz CT molecular complexity index is 705. The fourth-order valence-corrected chi connectivity index (χ4v) is 2.01. The summed E-state index contributed by atoms with van der Waals surface area (Å²) in [5, 5.41) is 8.11. The van der Waals surface area contributed by atoms with Gasteiger partial charge in [0.25, 0.3) is 0 Å². The first-order chi connectivity index (χ1) is 9.88. The Morgan fingerprint density at radius 2 is 1.25 bits per heavy atom. The molecule has 0 amide bonds. The number of thiol groups is 1. The molecule has 0 aliphatic rings. The van der Waals surface area contributed by atoms with Crippen molar-refractivity contribution in [1.29, 1.82) is 0 Å². The van der Waals surface area contributed by atoms with Crippen molar-refractivity contribution in [3.05, 3.63) is 60.7 Å². The molecule has 0 unspecified atom stereocenters. The molecule has 5 heteroatoms. The zero-order valence-electron chi connectivity index (χ0n) is 10.5. The zero-order valence-corrected chi connectivity index (χ0v) is 11.4. The molecule has 0 aliphatic heterocycles. The number of hydrogen-bond donors (Lipinski definition) is 1. The van der Waals surface area contributed by atoms with Gasteiger partial charge in [0.2, 0.25) is 0 Å². The standard InChI is InChI=1S/C15H11N3OS/c20-19-15-16-13(11-7-3-1-4-8-11)14(17-18-15)12-9-5-2-6-10-12/h1-10,20H. The maximum Gasteiger partial charge on any atom is 0.348 e. The summed E-state index contributed by atoms with van der Waals surface area (Å²) in [6, 6.07) is 19.7. The van der Waals surface area contributed by atoms with Crippen LogP contribution in [-0.4, -0.2) is 15.2 Å². The van der Waals surface area contributed by atoms with E-state index in [9.17, 15) is 0 Å². The zero-order chi connectivity index (χ0) is 13.8. The molecule has 4 nitrogen and oxygen atoms in total. The molecule has 98 valence electrons. The second kappa shape index (κ2) is 5.71. The number of aromatic nitrogens is 3. The molecule has 0 bridgehead atoms. The van der Waals surface area contributed by atoms with Gasteiger partial charge in [-0.3, -0.25) is 0 Å². The van der Waals surface area contributed by atoms with Crippen molar-refractivity contribution >= 4 is 12.9 Å². The Labute approximate surface area is 122 Å². The van der Waals surface area contributed by atoms with E-state index in [2.05, 4.69) is 28.1 Å². The van der Waals surface area contributed by atoms with Crippen LogP contribution in [0.1, 0.15) is 0 Å². The normalized spacial score (nSPS) is 10.2. The first-order valence-electron chi connectivity index (χ1n) is 6.05. The van der Waals surface area contributed by atoms with Gasteiger partial charge in [-0.05, 0) is 0 Å². The molecule has 0 saturated heterocycles. The van der Waals surface area contributed by atoms with E-state index in [4.69, 9.17) is 4.18 Å². The van der Waals surface area contributed by atoms with Crippen LogP contribution >= 0.6 is 12.9 Å². The summed E-state index contributed by atoms with van der Waals surface area (Å²) < 4.78 is 4.78. The summed E-state index contributed by atoms with van der Waals surface area (Å²) in [7, 11) is 0. The molecule has 0 fully saturated rings. The van der Waals surface area contributed by atoms with Gasteiger partial charge in [0.15, 0.2) is 0 Å². The first kappa shape index (κ1) is 12.6. The van der Waals surface area contributed by atoms with Crippen molar-refractivity contribution in [3.63, 3.8) is 0 Å². The van der Waals surface area contributed by atoms with Crippen molar-refractivity contribution < 1.29 is 4.18 Å². The van der Waals surface area contributed by atoms with Gasteiger partial charge in [-0.2, -0.15) is 4.98 Å². The lowest BCUT2D eigenvalue weighted by atomic mass is 10.0. The van der Waals surface area contributed by atoms with Gasteiger partial charge in [-0.25, -0.2) is 0 Å². The second-order valence-electron chi connectivity index (χ2n) is 4.11. The predicted molar refractivity (Wildman–Crippen MR) is 80.3 cm³/mol. The van der Waals surface area contributed by atoms with Crippen molar-refractivity contribution in [2.75, 3.05) is 0 Å². The SMILES string of the molecule is SOc1nnc(-c2ccccc2)c(-c2ccccc2)n1. The largest absolute Gasteiger partial charge is 0.391 e. The van der Waals surface area contributed by atoms with Crippen molar-refractivity contribution in [2.45, 2.75) is 0 Å². The van der Waals surface area contributed by atoms with Crippen molar-refractivity contribution in [3.8, 4) is 28.5 Å². The molecule has 2 aromatic carbocycles. The van der Waals surface area contributed by atoms with E-state index in [1.54, 1.807) is 0 Å². The molecule has 3 rings (SSSR count). The third kappa shape index (κ3) is 2.48. The summed E-state index contributed by atoms with van der Waals surface area (Å²) in [4.78, 5) is 4.37. The molecule has 0 radical (unpaired) electrons. The number of nitrogens with zero attached hydrogens (tertiary/aromatic N) is 3. The fourth-order valence-electron chi connectivity index (χ4n) is 1.94. The van der Waals surface area contributed by atoms with Crippen LogP contribution < -0.4 is 4.18 Å². The van der Waals surface area contributed by atoms with Crippen LogP contribution in [0.25, 0.3) is 22.5 Å². The Kier molecular flexibility index (Phi) is 3.60. The highest BCUT2D eigenvalue weighted by atomic mass is 32.1. The summed E-state index contributed by atoms with van der Waals surface area (Å²) in [5.74, 6) is 0. The third-order valence-electron chi connectivity index (χ3n) is 2.84. The molecule has 0 atom stereocenters. The monoisotopic (exact) mass is 281 g/mol. The minimum absolute atomic E-state index is 0.131. The third-order valence-corrected chi connectivity index (χ3v) is 3.01. The lowest BCUT2D eigenvalue weighted by Crippen LogP contribution is -1.98. The van der Waals surface area contributed by atoms with E-state index in [0.29, 0.717) is 5.69 Å². The average molecular weight is 281 g/mol. The number of rotatable bonds is 3. The van der Waals surface area contributed by atoms with E-state index in [1.165, 1.54) is 0 Å². The van der Waals surface area contributed by atoms with Gasteiger partial charge in [-0.15, -0.1) is 5.10 Å². The summed E-state index contributed by atoms with van der Waals surface area (Å²) >= 11 is 3.73. The van der Waals surface area contributed by atoms with E-state index in [0.717, 1.165) is 16.8 Å². The van der Waals surface area contributed by atoms with Crippen LogP contribution in [0.5, 0.6) is 6.01 Å². The van der Waals surface area contributed by atoms with E-state index < -0.39 is 0 Å². The molecule has 1 aromatic heterocycles. The molecular formula is C15H11N3OS. The fraction of sp³-hybridized carbons (Fsp3) is 0. The van der Waals surface area contributed by atoms with Gasteiger partial charge < -0.3 is 4.18 Å². The number of benzene rings is 2. The van der Waals surface area contributed by atoms with E-state index in [-0.39, 0.29) is 6.01 Å². The Morgan fingerprint density at radius 3 is 1.80 bits per heavy atom. The van der Waals surface area contributed by atoms with Crippen LogP contribution in [0.2, 0.25) is 0 Å². The van der Waals surface area contributed by atoms with Crippen LogP contribution in [-0.2, 0) is 0 Å². The van der Waals surface area contributed by atoms with Gasteiger partial charge in [0, 0.05) is 24.0 Å². The van der Waals surface area contributed by atoms with Gasteiger partial charge in [0.05, 0.1) is 0 Å². The quantitative estimate of drug-likeness (QED) is 0.590. The lowest BCUT2D eigenvalue weighted by Gasteiger charge is -2.08. The van der Waals surface area contributed by atoms with Crippen LogP contribution in [0.4, 0.5) is 0 Å². The number of hydrogen-bond acceptors (Lipinski definition) is 5. The molecule has 0 N–H and O–H groups in total. The molecule has 3 aromatic rings. The van der Waals surface area contributed by atoms with Crippen molar-refractivity contribution in [1.82, 2.24) is 15.2 Å². The molecule has 0 aliphatic carbocycles. The highest BCUT2D eigenvalue weighted by molar-refractivity contribution is 7.75. The summed E-state index contributed by atoms with van der Waals surface area (Å²) in [6.07, 6.45) is 0. The Morgan fingerprint density at radius 1 is 0.700 bits per heavy atom. The van der Waals surface area contributed by atoms with Crippen LogP contribution in [0.3, 0.4) is 0 Å². The van der Waals surface area contributed by atoms with Crippen molar-refractivity contribution in [2.24, 2.45) is 0 Å². The summed E-state index contributed by atoms with van der Waals surface area (Å²) in [5.41, 5.74) is 3.34. The highest BCUT2D eigenvalue weighted by Gasteiger charge is 2.13. The summed E-state index contributed by atoms with van der Waals surface area (Å²) in [6.45, 7) is 0. The second-order valence-corrected chi connectivity index (χ2v) is 4.30. The maximum atomic E-state index is 4.78. The van der Waals surface area contributed by atoms with Gasteiger partial charge in [-0.1, -0.05) is 65.8 Å². The van der Waals surface area contributed by atoms with Crippen LogP contribution in [0.15, 0.2) is 60.7 Å². The molecule has 0 spiro atoms. The van der Waals surface area contributed by atoms with E-state index >= 15 is 0 Å². The van der Waals surface area contributed by atoms with Gasteiger partial charge >= 0.3 is 6.01 Å². The Hall–Kier alpha value is -2.40. The lowest BCUT2D eigenvalue weighted by molar-refractivity contribution is 0.580. The first-order valence-corrected chi connectivity index (χ1v) is 6.42. The molecular weight excluding hydrogens is 270 g/mol. The van der Waals surface area contributed by atoms with Crippen LogP contribution in [0, 0.1) is 0 Å². The minimum Gasteiger partial charge on any atom is -0.391 e. The maximum absolute atomic E-state index is 4.78. The van der Waals surface area contributed by atoms with E-state index in [1.807, 2.05) is 60.7 Å². The molecule has 20 heavy (non-hydrogen) atoms. The average Bonchev–Trinajstić information content (AvgIpc) is 2.56.